The molecule has 0 aromatic heterocycles. The first kappa shape index (κ1) is 34.4. The predicted octanol–water partition coefficient (Wildman–Crippen LogP) is 4.81. The normalized spacial score (nSPS) is 22.6. The first-order valence-electron chi connectivity index (χ1n) is 16.3. The van der Waals surface area contributed by atoms with Crippen molar-refractivity contribution in [3.63, 3.8) is 0 Å². The summed E-state index contributed by atoms with van der Waals surface area (Å²) in [6.45, 7) is 2.09. The zero-order chi connectivity index (χ0) is 34.1. The molecule has 3 aromatic carbocycles. The Kier molecular flexibility index (Phi) is 10.5. The molecular formula is C36H38B2INO8. The maximum atomic E-state index is 14.1. The number of carbonyl (C=O) groups is 2. The van der Waals surface area contributed by atoms with E-state index in [-0.39, 0.29) is 35.3 Å². The molecule has 2 aliphatic heterocycles. The van der Waals surface area contributed by atoms with Crippen LogP contribution in [0.5, 0.6) is 11.5 Å². The van der Waals surface area contributed by atoms with Gasteiger partial charge in [-0.2, -0.15) is 0 Å². The van der Waals surface area contributed by atoms with Crippen molar-refractivity contribution in [3.8, 4) is 11.5 Å². The molecule has 3 aliphatic rings. The van der Waals surface area contributed by atoms with Crippen LogP contribution in [0.3, 0.4) is 0 Å². The van der Waals surface area contributed by atoms with Gasteiger partial charge >= 0.3 is 14.2 Å². The van der Waals surface area contributed by atoms with Crippen LogP contribution in [0.15, 0.2) is 77.9 Å². The van der Waals surface area contributed by atoms with Crippen LogP contribution in [0.25, 0.3) is 11.6 Å². The highest BCUT2D eigenvalue weighted by Crippen LogP contribution is 2.52. The molecule has 3 aromatic rings. The molecule has 4 atom stereocenters. The lowest BCUT2D eigenvalue weighted by Crippen LogP contribution is -2.46. The fourth-order valence-electron chi connectivity index (χ4n) is 7.65. The molecule has 0 radical (unpaired) electrons. The molecule has 9 nitrogen and oxygen atoms in total. The molecular weight excluding hydrogens is 723 g/mol. The molecule has 2 heterocycles. The second-order valence-corrected chi connectivity index (χ2v) is 13.8. The Balaban J connectivity index is 1.33. The van der Waals surface area contributed by atoms with Crippen molar-refractivity contribution >= 4 is 71.4 Å². The molecule has 0 spiro atoms. The Morgan fingerprint density at radius 3 is 2.56 bits per heavy atom. The molecule has 2 amide bonds. The number of methoxy groups -OCH3 is 1. The van der Waals surface area contributed by atoms with E-state index in [2.05, 4.69) is 35.6 Å². The standard InChI is InChI=1S/C36H38B2INO8/c1-3-8-24-18-27-33(36(43)40(35(27)42)26-12-7-11-25(19-26)38(45)46)28-20-37(44)48-30(32(24)28)14-13-23(22-9-5-4-6-10-22)15-21-16-29(39)34(41)31(17-21)47-2/h4-7,9-12,15-17,19,27-28,30,33,41,44-46H,3,8,13-14,18,20H2,1-2H3/b23-15-/t27-,28+,30-,33-/m1/s1. The van der Waals surface area contributed by atoms with Crippen molar-refractivity contribution in [2.75, 3.05) is 12.0 Å². The van der Waals surface area contributed by atoms with Gasteiger partial charge in [-0.1, -0.05) is 67.5 Å². The van der Waals surface area contributed by atoms with Crippen LogP contribution >= 0.6 is 22.6 Å². The number of phenols is 1. The molecule has 6 rings (SSSR count). The molecule has 1 aliphatic carbocycles. The zero-order valence-corrected chi connectivity index (χ0v) is 29.0. The summed E-state index contributed by atoms with van der Waals surface area (Å²) in [5.41, 5.74) is 5.58. The van der Waals surface area contributed by atoms with Crippen molar-refractivity contribution in [1.29, 1.82) is 0 Å². The maximum absolute atomic E-state index is 14.1. The molecule has 0 saturated carbocycles. The summed E-state index contributed by atoms with van der Waals surface area (Å²) < 4.78 is 12.3. The number of anilines is 1. The van der Waals surface area contributed by atoms with Gasteiger partial charge in [0.05, 0.1) is 34.3 Å². The van der Waals surface area contributed by atoms with Gasteiger partial charge in [-0.3, -0.25) is 14.5 Å². The number of allylic oxidation sites excluding steroid dienone is 2. The van der Waals surface area contributed by atoms with Crippen molar-refractivity contribution in [2.24, 2.45) is 17.8 Å². The lowest BCUT2D eigenvalue weighted by atomic mass is 9.58. The third-order valence-electron chi connectivity index (χ3n) is 9.72. The van der Waals surface area contributed by atoms with E-state index in [1.807, 2.05) is 36.4 Å². The largest absolute Gasteiger partial charge is 0.504 e. The van der Waals surface area contributed by atoms with E-state index in [1.54, 1.807) is 18.2 Å². The minimum atomic E-state index is -1.73. The first-order chi connectivity index (χ1) is 23.1. The average molecular weight is 761 g/mol. The van der Waals surface area contributed by atoms with Gasteiger partial charge in [0, 0.05) is 0 Å². The number of phenolic OH excluding ortho intramolecular Hbond substituents is 1. The number of carbonyl (C=O) groups excluding carboxylic acids is 2. The highest BCUT2D eigenvalue weighted by molar-refractivity contribution is 14.1. The number of benzene rings is 3. The second-order valence-electron chi connectivity index (χ2n) is 12.7. The van der Waals surface area contributed by atoms with Crippen LogP contribution in [-0.2, 0) is 14.2 Å². The molecule has 48 heavy (non-hydrogen) atoms. The van der Waals surface area contributed by atoms with E-state index in [1.165, 1.54) is 24.1 Å². The van der Waals surface area contributed by atoms with Gasteiger partial charge in [-0.25, -0.2) is 0 Å². The van der Waals surface area contributed by atoms with E-state index in [9.17, 15) is 29.8 Å². The van der Waals surface area contributed by atoms with E-state index in [0.29, 0.717) is 34.3 Å². The molecule has 2 saturated heterocycles. The quantitative estimate of drug-likeness (QED) is 0.0761. The number of nitrogens with zero attached hydrogens (tertiary/aromatic N) is 1. The Bertz CT molecular complexity index is 1760. The number of amides is 2. The number of ether oxygens (including phenoxy) is 1. The highest BCUT2D eigenvalue weighted by Gasteiger charge is 2.57. The maximum Gasteiger partial charge on any atom is 0.488 e. The fourth-order valence-corrected chi connectivity index (χ4v) is 8.28. The Hall–Kier alpha value is -3.42. The number of rotatable bonds is 10. The lowest BCUT2D eigenvalue weighted by molar-refractivity contribution is -0.122. The summed E-state index contributed by atoms with van der Waals surface area (Å²) in [5, 5.41) is 40.9. The van der Waals surface area contributed by atoms with Gasteiger partial charge in [-0.05, 0) is 113 Å². The minimum absolute atomic E-state index is 0.0929. The Morgan fingerprint density at radius 2 is 1.85 bits per heavy atom. The summed E-state index contributed by atoms with van der Waals surface area (Å²) in [5.74, 6) is -1.72. The number of halogens is 1. The van der Waals surface area contributed by atoms with Crippen LogP contribution < -0.4 is 15.1 Å². The van der Waals surface area contributed by atoms with Gasteiger partial charge in [0.1, 0.15) is 0 Å². The van der Waals surface area contributed by atoms with E-state index >= 15 is 0 Å². The fraction of sp³-hybridized carbons (Fsp3) is 0.333. The summed E-state index contributed by atoms with van der Waals surface area (Å²) in [4.78, 5) is 29.2. The van der Waals surface area contributed by atoms with Crippen molar-refractivity contribution < 1.29 is 39.2 Å². The van der Waals surface area contributed by atoms with E-state index < -0.39 is 32.2 Å². The first-order valence-corrected chi connectivity index (χ1v) is 17.4. The number of imide groups is 1. The predicted molar refractivity (Wildman–Crippen MR) is 194 cm³/mol. The molecule has 4 N–H and O–H groups in total. The van der Waals surface area contributed by atoms with Crippen LogP contribution in [-0.4, -0.2) is 59.4 Å². The smallest absolute Gasteiger partial charge is 0.488 e. The summed E-state index contributed by atoms with van der Waals surface area (Å²) in [7, 11) is -1.30. The number of fused-ring (bicyclic) bond motifs is 3. The summed E-state index contributed by atoms with van der Waals surface area (Å²) in [6.07, 6.45) is 5.04. The molecule has 0 unspecified atom stereocenters. The third kappa shape index (κ3) is 6.73. The molecule has 0 bridgehead atoms. The van der Waals surface area contributed by atoms with Gasteiger partial charge in [0.15, 0.2) is 11.5 Å². The summed E-state index contributed by atoms with van der Waals surface area (Å²) in [6, 6.07) is 19.9. The summed E-state index contributed by atoms with van der Waals surface area (Å²) >= 11 is 2.08. The highest BCUT2D eigenvalue weighted by atomic mass is 127. The number of hydrogen-bond donors (Lipinski definition) is 4. The van der Waals surface area contributed by atoms with E-state index in [4.69, 9.17) is 9.39 Å². The zero-order valence-electron chi connectivity index (χ0n) is 26.9. The van der Waals surface area contributed by atoms with Gasteiger partial charge in [-0.15, -0.1) is 0 Å². The second kappa shape index (κ2) is 14.6. The third-order valence-corrected chi connectivity index (χ3v) is 10.5. The van der Waals surface area contributed by atoms with Crippen LogP contribution in [0.1, 0.15) is 50.2 Å². The minimum Gasteiger partial charge on any atom is -0.504 e. The Morgan fingerprint density at radius 1 is 1.08 bits per heavy atom. The van der Waals surface area contributed by atoms with E-state index in [0.717, 1.165) is 40.7 Å². The van der Waals surface area contributed by atoms with Crippen LogP contribution in [0, 0.1) is 21.3 Å². The molecule has 12 heteroatoms. The van der Waals surface area contributed by atoms with Crippen molar-refractivity contribution in [3.05, 3.63) is 92.6 Å². The van der Waals surface area contributed by atoms with Gasteiger partial charge in [0.25, 0.3) is 0 Å². The molecule has 2 fully saturated rings. The SMILES string of the molecule is CCCC1=C2[C@@H](CC/C(=C/c3cc(I)c(O)c(OC)c3)c3ccccc3)OB(O)C[C@@H]2[C@@H]2C(=O)N(c3cccc(B(O)O)c3)C(=O)[C@@H]2C1. The van der Waals surface area contributed by atoms with Crippen LogP contribution in [0.4, 0.5) is 5.69 Å². The van der Waals surface area contributed by atoms with Crippen molar-refractivity contribution in [1.82, 2.24) is 0 Å². The number of hydrogen-bond acceptors (Lipinski definition) is 8. The topological polar surface area (TPSA) is 137 Å². The molecule has 248 valence electrons. The van der Waals surface area contributed by atoms with Crippen molar-refractivity contribution in [2.45, 2.75) is 51.5 Å². The number of aromatic hydroxyl groups is 1. The average Bonchev–Trinajstić information content (AvgIpc) is 3.33. The van der Waals surface area contributed by atoms with Gasteiger partial charge in [0.2, 0.25) is 11.8 Å². The monoisotopic (exact) mass is 761 g/mol. The lowest BCUT2D eigenvalue weighted by Gasteiger charge is -2.43. The van der Waals surface area contributed by atoms with Gasteiger partial charge < -0.3 is 29.6 Å². The Labute approximate surface area is 294 Å². The van der Waals surface area contributed by atoms with Crippen LogP contribution in [0.2, 0.25) is 6.32 Å².